The number of nitrogen functional groups attached to an aromatic ring is 2. The third-order valence-electron chi connectivity index (χ3n) is 2.94. The van der Waals surface area contributed by atoms with Gasteiger partial charge in [0.05, 0.1) is 22.0 Å². The molecule has 0 spiro atoms. The summed E-state index contributed by atoms with van der Waals surface area (Å²) < 4.78 is 70.1. The first-order chi connectivity index (χ1) is 21.2. The molecule has 33 heteroatoms. The molecule has 0 fully saturated rings. The summed E-state index contributed by atoms with van der Waals surface area (Å²) in [5, 5.41) is 70.6. The van der Waals surface area contributed by atoms with Gasteiger partial charge in [-0.2, -0.15) is 30.1 Å². The second-order valence-electron chi connectivity index (χ2n) is 6.12. The van der Waals surface area contributed by atoms with Gasteiger partial charge in [0.1, 0.15) is 24.8 Å². The minimum absolute atomic E-state index is 0. The fourth-order valence-corrected chi connectivity index (χ4v) is 1.68. The van der Waals surface area contributed by atoms with Gasteiger partial charge in [-0.1, -0.05) is 0 Å². The zero-order valence-corrected chi connectivity index (χ0v) is 25.2. The second kappa shape index (κ2) is 22.9. The van der Waals surface area contributed by atoms with E-state index in [1.807, 2.05) is 0 Å². The van der Waals surface area contributed by atoms with Crippen LogP contribution in [0.1, 0.15) is 13.8 Å². The van der Waals surface area contributed by atoms with E-state index in [4.69, 9.17) is 59.3 Å². The summed E-state index contributed by atoms with van der Waals surface area (Å²) >= 11 is 0. The number of nitrogens with zero attached hydrogens (tertiary/aromatic N) is 16. The quantitative estimate of drug-likeness (QED) is 0.111. The molecule has 0 radical (unpaired) electrons. The average Bonchev–Trinajstić information content (AvgIpc) is 3.60. The Bertz CT molecular complexity index is 1440. The molecule has 4 aromatic heterocycles. The number of nitrogens with two attached hydrogens (primary N) is 2. The van der Waals surface area contributed by atoms with Gasteiger partial charge in [-0.3, -0.25) is 20.2 Å². The van der Waals surface area contributed by atoms with Crippen molar-refractivity contribution in [3.05, 3.63) is 45.0 Å². The van der Waals surface area contributed by atoms with E-state index >= 15 is 0 Å². The number of rotatable bonds is 4. The van der Waals surface area contributed by atoms with Crippen LogP contribution in [0, 0.1) is 63.4 Å². The smallest absolute Gasteiger partial charge is 0.365 e. The monoisotopic (exact) mass is 752 g/mol. The van der Waals surface area contributed by atoms with E-state index in [2.05, 4.69) is 51.0 Å². The molecule has 0 aromatic carbocycles. The largest absolute Gasteiger partial charge is 2.00 e. The van der Waals surface area contributed by atoms with E-state index in [-0.39, 0.29) is 52.2 Å². The van der Waals surface area contributed by atoms with Gasteiger partial charge in [-0.15, -0.1) is 61.3 Å². The van der Waals surface area contributed by atoms with Crippen LogP contribution in [0.25, 0.3) is 11.9 Å². The Morgan fingerprint density at radius 1 is 0.638 bits per heavy atom. The summed E-state index contributed by atoms with van der Waals surface area (Å²) in [6, 6.07) is 3.50. The predicted octanol–water partition coefficient (Wildman–Crippen LogP) is -10.6. The van der Waals surface area contributed by atoms with Gasteiger partial charge in [-0.25, -0.2) is 37.3 Å². The molecule has 47 heavy (non-hydrogen) atoms. The van der Waals surface area contributed by atoms with Crippen molar-refractivity contribution in [1.29, 1.82) is 10.5 Å². The summed E-state index contributed by atoms with van der Waals surface area (Å²) in [6.45, 7) is 2.86. The molecule has 0 saturated carbocycles. The molecule has 0 aliphatic rings. The molecule has 4 heterocycles. The first-order valence-corrected chi connectivity index (χ1v) is 12.5. The van der Waals surface area contributed by atoms with Gasteiger partial charge >= 0.3 is 28.4 Å². The SMILES string of the molecule is CC#N.CC#N.Nc1nnc(-n2cc([N+](=O)[O-])cn2)nn1.Nc1nnc(-n2cc([N+](=O)[O-])cn2)nn1.[Fe+2].[O-][Cl+3]([O-])([O-])[O-].[O-][Cl+3]([O-])([O-])[O-]. The minimum Gasteiger partial charge on any atom is -0.365 e. The molecule has 0 unspecified atom stereocenters. The molecule has 0 amide bonds. The molecule has 0 bridgehead atoms. The van der Waals surface area contributed by atoms with Crippen LogP contribution in [-0.4, -0.2) is 70.2 Å². The van der Waals surface area contributed by atoms with Gasteiger partial charge in [0.2, 0.25) is 0 Å². The zero-order chi connectivity index (χ0) is 36.1. The third-order valence-corrected chi connectivity index (χ3v) is 2.94. The van der Waals surface area contributed by atoms with E-state index in [1.54, 1.807) is 12.1 Å². The molecule has 0 aliphatic heterocycles. The van der Waals surface area contributed by atoms with E-state index in [0.717, 1.165) is 34.2 Å². The molecule has 4 N–H and O–H groups in total. The van der Waals surface area contributed by atoms with Crippen molar-refractivity contribution >= 4 is 23.3 Å². The summed E-state index contributed by atoms with van der Waals surface area (Å²) in [6.07, 6.45) is 4.43. The van der Waals surface area contributed by atoms with E-state index in [1.165, 1.54) is 13.8 Å². The number of nitriles is 2. The van der Waals surface area contributed by atoms with Gasteiger partial charge in [0.15, 0.2) is 0 Å². The molecule has 4 aromatic rings. The Balaban J connectivity index is -0.000000564. The van der Waals surface area contributed by atoms with Crippen LogP contribution >= 0.6 is 0 Å². The Morgan fingerprint density at radius 3 is 1.02 bits per heavy atom. The Labute approximate surface area is 273 Å². The van der Waals surface area contributed by atoms with Crippen molar-refractivity contribution in [2.45, 2.75) is 13.8 Å². The van der Waals surface area contributed by atoms with Crippen molar-refractivity contribution in [2.75, 3.05) is 11.5 Å². The molecule has 254 valence electrons. The minimum atomic E-state index is -4.94. The number of aromatic nitrogens is 12. The molecule has 0 saturated heterocycles. The number of anilines is 2. The van der Waals surface area contributed by atoms with E-state index in [0.29, 0.717) is 0 Å². The maximum absolute atomic E-state index is 10.4. The Kier molecular flexibility index (Phi) is 22.3. The van der Waals surface area contributed by atoms with Gasteiger partial charge < -0.3 is 11.5 Å². The number of halogens is 2. The number of nitro groups is 2. The fraction of sp³-hybridized carbons (Fsp3) is 0.143. The molecule has 0 aliphatic carbocycles. The third kappa shape index (κ3) is 25.5. The van der Waals surface area contributed by atoms with Gasteiger partial charge in [0, 0.05) is 13.8 Å². The normalized spacial score (nSPS) is 9.36. The summed E-state index contributed by atoms with van der Waals surface area (Å²) in [7, 11) is -9.89. The Hall–Kier alpha value is -5.54. The van der Waals surface area contributed by atoms with Crippen molar-refractivity contribution in [3.8, 4) is 24.0 Å². The van der Waals surface area contributed by atoms with Crippen molar-refractivity contribution in [1.82, 2.24) is 60.4 Å². The number of hydrogen-bond acceptors (Lipinski definition) is 26. The predicted molar refractivity (Wildman–Crippen MR) is 114 cm³/mol. The van der Waals surface area contributed by atoms with Crippen LogP contribution in [0.2, 0.25) is 0 Å². The standard InChI is InChI=1S/2C5H4N8O2.2C2H3N.2ClHO4.Fe/c2*6-4-8-10-5(11-9-4)12-2-3(1-7-12)13(14)15;2*1-2-3;2*2-1(3,4)5;/h2*1-2H,(H2,6,8,9);2*1H3;2*(H,2,3,4,5);/q;;;;;;+2/p-2. The number of hydrogen-bond donors (Lipinski definition) is 2. The van der Waals surface area contributed by atoms with Crippen LogP contribution in [0.4, 0.5) is 23.3 Å². The molecule has 4 rings (SSSR count). The van der Waals surface area contributed by atoms with Crippen LogP contribution in [-0.2, 0) is 17.1 Å². The Morgan fingerprint density at radius 2 is 0.851 bits per heavy atom. The first kappa shape index (κ1) is 45.9. The molecule has 30 nitrogen and oxygen atoms in total. The first-order valence-electron chi connectivity index (χ1n) is 10.1. The van der Waals surface area contributed by atoms with Crippen molar-refractivity contribution in [3.63, 3.8) is 0 Å². The van der Waals surface area contributed by atoms with Crippen LogP contribution in [0.5, 0.6) is 0 Å². The van der Waals surface area contributed by atoms with Crippen molar-refractivity contribution < 1.29 is 84.7 Å². The van der Waals surface area contributed by atoms with Crippen molar-refractivity contribution in [2.24, 2.45) is 0 Å². The summed E-state index contributed by atoms with van der Waals surface area (Å²) in [4.78, 5) is 19.6. The average molecular weight is 753 g/mol. The molecular formula is C14H14Cl2FeN18O12. The van der Waals surface area contributed by atoms with Gasteiger partial charge in [0.25, 0.3) is 23.8 Å². The maximum atomic E-state index is 10.4. The fourth-order valence-electron chi connectivity index (χ4n) is 1.68. The topological polar surface area (TPSA) is 509 Å². The van der Waals surface area contributed by atoms with E-state index < -0.39 is 30.3 Å². The maximum Gasteiger partial charge on any atom is 2.00 e. The molecular weight excluding hydrogens is 739 g/mol. The summed E-state index contributed by atoms with van der Waals surface area (Å²) in [5.74, 6) is -0.143. The van der Waals surface area contributed by atoms with Crippen LogP contribution < -0.4 is 48.7 Å². The molecule has 0 atom stereocenters. The van der Waals surface area contributed by atoms with Crippen LogP contribution in [0.15, 0.2) is 24.8 Å². The van der Waals surface area contributed by atoms with E-state index in [9.17, 15) is 20.2 Å². The summed E-state index contributed by atoms with van der Waals surface area (Å²) in [5.41, 5.74) is 10.0. The van der Waals surface area contributed by atoms with Gasteiger partial charge in [-0.05, 0) is 0 Å². The van der Waals surface area contributed by atoms with Crippen LogP contribution in [0.3, 0.4) is 0 Å². The second-order valence-corrected chi connectivity index (χ2v) is 7.63. The zero-order valence-electron chi connectivity index (χ0n) is 22.6.